The zero-order valence-corrected chi connectivity index (χ0v) is 49.5. The van der Waals surface area contributed by atoms with Crippen molar-refractivity contribution in [1.82, 2.24) is 0 Å². The second-order valence-corrected chi connectivity index (χ2v) is 21.7. The first kappa shape index (κ1) is 71.2. The summed E-state index contributed by atoms with van der Waals surface area (Å²) in [6.45, 7) is -3.01. The van der Waals surface area contributed by atoms with E-state index in [4.69, 9.17) is 71.1 Å². The molecule has 0 radical (unpaired) electrons. The third kappa shape index (κ3) is 16.3. The number of hydrogen-bond acceptors (Lipinski definition) is 33. The lowest BCUT2D eigenvalue weighted by atomic mass is 9.95. The summed E-state index contributed by atoms with van der Waals surface area (Å²) >= 11 is 0. The van der Waals surface area contributed by atoms with E-state index in [0.29, 0.717) is 0 Å². The molecule has 33 heteroatoms. The molecule has 0 aliphatic carbocycles. The van der Waals surface area contributed by atoms with E-state index >= 15 is 0 Å². The first-order valence-electron chi connectivity index (χ1n) is 28.6. The molecule has 5 aliphatic heterocycles. The quantitative estimate of drug-likeness (QED) is 0.0227. The molecule has 0 spiro atoms. The normalized spacial score (nSPS) is 36.5. The number of esters is 4. The van der Waals surface area contributed by atoms with Crippen LogP contribution in [0.4, 0.5) is 0 Å². The van der Waals surface area contributed by atoms with Crippen LogP contribution in [0.15, 0.2) is 78.9 Å². The summed E-state index contributed by atoms with van der Waals surface area (Å²) in [5.41, 5.74) is 0.342. The van der Waals surface area contributed by atoms with Gasteiger partial charge in [-0.2, -0.15) is 0 Å². The highest BCUT2D eigenvalue weighted by Gasteiger charge is 2.64. The van der Waals surface area contributed by atoms with Crippen molar-refractivity contribution in [3.8, 4) is 23.0 Å². The summed E-state index contributed by atoms with van der Waals surface area (Å²) in [4.78, 5) is 55.0. The molecule has 0 saturated carbocycles. The summed E-state index contributed by atoms with van der Waals surface area (Å²) in [6.07, 6.45) is -41.6. The number of carbonyl (C=O) groups is 4. The van der Waals surface area contributed by atoms with Gasteiger partial charge < -0.3 is 143 Å². The number of hydrogen-bond donors (Lipinski definition) is 14. The Balaban J connectivity index is 1.24. The smallest absolute Gasteiger partial charge is 0.338 e. The fraction of sp³-hybridized carbons (Fsp3) is 0.559. The van der Waals surface area contributed by atoms with Crippen LogP contribution >= 0.6 is 0 Å². The number of methoxy groups -OCH3 is 2. The number of aliphatic hydroxyl groups is 13. The van der Waals surface area contributed by atoms with Crippen molar-refractivity contribution in [2.45, 2.75) is 161 Å². The summed E-state index contributed by atoms with van der Waals surface area (Å²) in [7, 11) is 2.53. The van der Waals surface area contributed by atoms with Crippen molar-refractivity contribution in [1.29, 1.82) is 0 Å². The largest absolute Gasteiger partial charge is 0.504 e. The van der Waals surface area contributed by atoms with Crippen LogP contribution in [0.3, 0.4) is 0 Å². The van der Waals surface area contributed by atoms with Crippen LogP contribution in [0.25, 0.3) is 12.2 Å². The second kappa shape index (κ2) is 31.5. The molecule has 5 aliphatic rings. The van der Waals surface area contributed by atoms with E-state index in [-0.39, 0.29) is 39.7 Å². The van der Waals surface area contributed by atoms with Crippen LogP contribution in [0.1, 0.15) is 35.3 Å². The molecule has 8 rings (SSSR count). The van der Waals surface area contributed by atoms with Crippen molar-refractivity contribution in [3.05, 3.63) is 95.6 Å². The third-order valence-electron chi connectivity index (χ3n) is 15.5. The minimum absolute atomic E-state index is 0.0146. The average Bonchev–Trinajstić information content (AvgIpc) is 1.41. The van der Waals surface area contributed by atoms with Gasteiger partial charge in [-0.3, -0.25) is 4.79 Å². The number of phenols is 1. The van der Waals surface area contributed by atoms with Gasteiger partial charge in [-0.25, -0.2) is 14.4 Å². The van der Waals surface area contributed by atoms with E-state index < -0.39 is 204 Å². The minimum atomic E-state index is -2.97. The van der Waals surface area contributed by atoms with Gasteiger partial charge in [-0.05, 0) is 66.6 Å². The molecule has 0 bridgehead atoms. The van der Waals surface area contributed by atoms with E-state index in [2.05, 4.69) is 0 Å². The predicted octanol–water partition coefficient (Wildman–Crippen LogP) is -4.85. The molecule has 5 heterocycles. The zero-order valence-electron chi connectivity index (χ0n) is 49.5. The Morgan fingerprint density at radius 1 is 0.533 bits per heavy atom. The number of ether oxygens (including phenoxy) is 15. The van der Waals surface area contributed by atoms with E-state index in [9.17, 15) is 90.7 Å². The molecular weight excluding hydrogens is 1240 g/mol. The van der Waals surface area contributed by atoms with Crippen LogP contribution in [-0.2, 0) is 71.2 Å². The first-order chi connectivity index (χ1) is 43.8. The standard InChI is InChI=1S/C59H74O33/c1-25-40(67)44(71)47(74)55(82-25)83-31-15-11-28(19-33(31)79-4)13-17-39(66)87-50-37(23-80-26(2)63)86-58(52(89-57-49(76)46(73)42(69)35(21-61)85-57)51(50)88-56-48(75)45(72)41(68)34(20-60)84-56)92-59(24-81-38(65)16-12-27-10-14-30(64)32(18-27)78-3)53(43(70)36(22-62)91-59)90-54(77)29-8-6-5-7-9-29/h5-19,25,34-37,40-53,55-58,60-62,64,67-76H,20-24H2,1-4H3/t25-,34+,35+,36+,37+,40-,41+,42+,43+,44+,45-,46-,47+,48+,49+,50+,51-,52+,53-,55+,56-,57-,58+,59-/m0/s1. The van der Waals surface area contributed by atoms with Crippen LogP contribution in [0.5, 0.6) is 23.0 Å². The highest BCUT2D eigenvalue weighted by atomic mass is 16.8. The number of aromatic hydroxyl groups is 1. The Kier molecular flexibility index (Phi) is 24.4. The Labute approximate surface area is 523 Å². The Hall–Kier alpha value is -6.62. The number of carbonyl (C=O) groups excluding carboxylic acids is 4. The fourth-order valence-electron chi connectivity index (χ4n) is 10.4. The lowest BCUT2D eigenvalue weighted by Gasteiger charge is -2.50. The zero-order chi connectivity index (χ0) is 66.9. The van der Waals surface area contributed by atoms with Gasteiger partial charge in [0, 0.05) is 19.1 Å². The van der Waals surface area contributed by atoms with Gasteiger partial charge >= 0.3 is 23.9 Å². The highest BCUT2D eigenvalue weighted by Crippen LogP contribution is 2.43. The maximum Gasteiger partial charge on any atom is 0.338 e. The SMILES string of the molecule is COc1cc(C=CC(=O)OC[C@@]2(O[C@H]3O[C@H](COC(C)=O)[C@@H](OC(=O)C=Cc4ccc(O[C@H]5O[C@@H](C)[C@H](O)[C@@H](O)[C@H]5O)c(OC)c4)[C@H](O[C@@H]4O[C@H](CO)[C@@H](O)[C@H](O)[C@H]4O)[C@H]3O[C@@H]3O[C@H](CO)[C@@H](O)[C@H](O)[C@H]3O)O[C@H](CO)[C@@H](O)[C@@H]2OC(=O)c2ccccc2)ccc1O. The molecule has 5 fully saturated rings. The van der Waals surface area contributed by atoms with Crippen molar-refractivity contribution in [2.24, 2.45) is 0 Å². The molecule has 0 aromatic heterocycles. The van der Waals surface area contributed by atoms with Crippen LogP contribution in [0, 0.1) is 0 Å². The van der Waals surface area contributed by atoms with Crippen molar-refractivity contribution in [2.75, 3.05) is 47.3 Å². The Morgan fingerprint density at radius 3 is 1.66 bits per heavy atom. The molecule has 508 valence electrons. The summed E-state index contributed by atoms with van der Waals surface area (Å²) in [5, 5.41) is 151. The predicted molar refractivity (Wildman–Crippen MR) is 300 cm³/mol. The van der Waals surface area contributed by atoms with Crippen molar-refractivity contribution >= 4 is 36.0 Å². The van der Waals surface area contributed by atoms with Gasteiger partial charge in [0.15, 0.2) is 54.1 Å². The van der Waals surface area contributed by atoms with Crippen molar-refractivity contribution in [3.63, 3.8) is 0 Å². The monoisotopic (exact) mass is 1310 g/mol. The molecule has 24 atom stereocenters. The second-order valence-electron chi connectivity index (χ2n) is 21.7. The van der Waals surface area contributed by atoms with E-state index in [0.717, 1.165) is 19.1 Å². The van der Waals surface area contributed by atoms with Crippen molar-refractivity contribution < 1.29 is 162 Å². The number of benzene rings is 3. The highest BCUT2D eigenvalue weighted by molar-refractivity contribution is 5.90. The minimum Gasteiger partial charge on any atom is -0.504 e. The molecule has 14 N–H and O–H groups in total. The fourth-order valence-corrected chi connectivity index (χ4v) is 10.4. The van der Waals surface area contributed by atoms with Crippen LogP contribution in [0.2, 0.25) is 0 Å². The number of rotatable bonds is 24. The molecule has 33 nitrogen and oxygen atoms in total. The molecule has 0 amide bonds. The summed E-state index contributed by atoms with van der Waals surface area (Å²) < 4.78 is 88.4. The van der Waals surface area contributed by atoms with Gasteiger partial charge in [-0.15, -0.1) is 0 Å². The molecule has 92 heavy (non-hydrogen) atoms. The average molecular weight is 1310 g/mol. The van der Waals surface area contributed by atoms with Gasteiger partial charge in [0.1, 0.15) is 111 Å². The lowest BCUT2D eigenvalue weighted by Crippen LogP contribution is -2.69. The summed E-state index contributed by atoms with van der Waals surface area (Å²) in [6, 6.07) is 15.2. The maximum atomic E-state index is 14.4. The maximum absolute atomic E-state index is 14.4. The lowest BCUT2D eigenvalue weighted by molar-refractivity contribution is -0.421. The Morgan fingerprint density at radius 2 is 1.08 bits per heavy atom. The van der Waals surface area contributed by atoms with Gasteiger partial charge in [0.2, 0.25) is 12.1 Å². The Bertz CT molecular complexity index is 3000. The molecule has 3 aromatic rings. The first-order valence-corrected chi connectivity index (χ1v) is 28.6. The van der Waals surface area contributed by atoms with E-state index in [1.165, 1.54) is 94.0 Å². The van der Waals surface area contributed by atoms with Crippen LogP contribution in [-0.4, -0.2) is 290 Å². The van der Waals surface area contributed by atoms with Crippen LogP contribution < -0.4 is 14.2 Å². The molecule has 3 aromatic carbocycles. The number of aliphatic hydroxyl groups excluding tert-OH is 13. The molecular formula is C59H74O33. The van der Waals surface area contributed by atoms with Gasteiger partial charge in [0.25, 0.3) is 0 Å². The molecule has 5 saturated heterocycles. The van der Waals surface area contributed by atoms with Gasteiger partial charge in [0.05, 0.1) is 45.7 Å². The van der Waals surface area contributed by atoms with E-state index in [1.807, 2.05) is 0 Å². The topological polar surface area (TPSA) is 490 Å². The van der Waals surface area contributed by atoms with Gasteiger partial charge in [-0.1, -0.05) is 30.3 Å². The summed E-state index contributed by atoms with van der Waals surface area (Å²) in [5.74, 6) is -7.94. The van der Waals surface area contributed by atoms with E-state index in [1.54, 1.807) is 6.07 Å². The number of phenolic OH excluding ortho intramolecular Hbond substituents is 1. The molecule has 0 unspecified atom stereocenters. The third-order valence-corrected chi connectivity index (χ3v) is 15.5.